The summed E-state index contributed by atoms with van der Waals surface area (Å²) in [5.41, 5.74) is 2.97. The summed E-state index contributed by atoms with van der Waals surface area (Å²) in [5, 5.41) is 0. The van der Waals surface area contributed by atoms with Crippen molar-refractivity contribution in [1.82, 2.24) is 0 Å². The van der Waals surface area contributed by atoms with Crippen molar-refractivity contribution in [2.45, 2.75) is 78.2 Å². The normalized spacial score (nSPS) is 21.0. The number of benzene rings is 3. The Morgan fingerprint density at radius 1 is 0.500 bits per heavy atom. The molecule has 7 nitrogen and oxygen atoms in total. The Hall–Kier alpha value is -3.36. The fourth-order valence-electron chi connectivity index (χ4n) is 4.91. The van der Waals surface area contributed by atoms with Crippen LogP contribution in [0, 0.1) is 0 Å². The lowest BCUT2D eigenvalue weighted by atomic mass is 9.79. The van der Waals surface area contributed by atoms with Crippen molar-refractivity contribution in [2.75, 3.05) is 4.90 Å². The second-order valence-corrected chi connectivity index (χ2v) is 12.0. The number of anilines is 3. The molecule has 38 heavy (non-hydrogen) atoms. The SMILES string of the molecule is CC1(C)Oc2ccc(N(c3ccc(B4OC(C)(C)C(C)(C)O4)cc3)c3ccc4c(c3)OC(C)(C)O4)cc2O1. The molecular weight excluding hydrogens is 481 g/mol. The highest BCUT2D eigenvalue weighted by atomic mass is 16.7. The zero-order chi connectivity index (χ0) is 27.1. The number of hydrogen-bond donors (Lipinski definition) is 0. The van der Waals surface area contributed by atoms with E-state index in [1.165, 1.54) is 0 Å². The molecule has 1 fully saturated rings. The third-order valence-electron chi connectivity index (χ3n) is 7.47. The molecule has 0 aromatic heterocycles. The molecule has 0 amide bonds. The van der Waals surface area contributed by atoms with Gasteiger partial charge in [-0.05, 0) is 69.6 Å². The number of nitrogens with zero attached hydrogens (tertiary/aromatic N) is 1. The van der Waals surface area contributed by atoms with E-state index >= 15 is 0 Å². The summed E-state index contributed by atoms with van der Waals surface area (Å²) in [4.78, 5) is 2.15. The minimum absolute atomic E-state index is 0.400. The molecule has 0 bridgehead atoms. The van der Waals surface area contributed by atoms with Crippen LogP contribution in [0.15, 0.2) is 60.7 Å². The molecular formula is C30H34BNO6. The Labute approximate surface area is 224 Å². The Kier molecular flexibility index (Phi) is 5.30. The van der Waals surface area contributed by atoms with Gasteiger partial charge in [-0.1, -0.05) is 12.1 Å². The summed E-state index contributed by atoms with van der Waals surface area (Å²) in [7, 11) is -0.428. The Morgan fingerprint density at radius 2 is 0.895 bits per heavy atom. The van der Waals surface area contributed by atoms with E-state index < -0.39 is 29.9 Å². The van der Waals surface area contributed by atoms with Crippen molar-refractivity contribution < 1.29 is 28.3 Å². The van der Waals surface area contributed by atoms with Crippen LogP contribution in [0.2, 0.25) is 0 Å². The lowest BCUT2D eigenvalue weighted by Crippen LogP contribution is -2.41. The van der Waals surface area contributed by atoms with Crippen molar-refractivity contribution in [3.05, 3.63) is 60.7 Å². The van der Waals surface area contributed by atoms with Crippen LogP contribution in [0.1, 0.15) is 55.4 Å². The smallest absolute Gasteiger partial charge is 0.449 e. The van der Waals surface area contributed by atoms with E-state index in [0.29, 0.717) is 11.5 Å². The van der Waals surface area contributed by atoms with Gasteiger partial charge < -0.3 is 33.2 Å². The summed E-state index contributed by atoms with van der Waals surface area (Å²) < 4.78 is 36.5. The number of ether oxygens (including phenoxy) is 4. The van der Waals surface area contributed by atoms with Crippen molar-refractivity contribution in [2.24, 2.45) is 0 Å². The van der Waals surface area contributed by atoms with Gasteiger partial charge in [-0.3, -0.25) is 0 Å². The maximum Gasteiger partial charge on any atom is 0.494 e. The van der Waals surface area contributed by atoms with E-state index in [9.17, 15) is 0 Å². The molecule has 3 aromatic rings. The van der Waals surface area contributed by atoms with E-state index in [0.717, 1.165) is 34.0 Å². The summed E-state index contributed by atoms with van der Waals surface area (Å²) in [6.45, 7) is 15.8. The number of fused-ring (bicyclic) bond motifs is 2. The molecule has 0 saturated carbocycles. The standard InChI is InChI=1S/C30H34BNO6/c1-27(2)28(3,4)38-31(37-27)19-9-11-20(12-10-19)32(21-13-15-23-25(17-21)35-29(5,6)33-23)22-14-16-24-26(18-22)36-30(7,8)34-24/h9-18H,1-8H3. The molecule has 0 radical (unpaired) electrons. The summed E-state index contributed by atoms with van der Waals surface area (Å²) in [6, 6.07) is 20.2. The predicted octanol–water partition coefficient (Wildman–Crippen LogP) is 6.47. The van der Waals surface area contributed by atoms with Gasteiger partial charge in [0, 0.05) is 45.5 Å². The summed E-state index contributed by atoms with van der Waals surface area (Å²) >= 11 is 0. The zero-order valence-electron chi connectivity index (χ0n) is 23.2. The minimum Gasteiger partial charge on any atom is -0.449 e. The first-order valence-corrected chi connectivity index (χ1v) is 13.0. The first kappa shape index (κ1) is 25.0. The van der Waals surface area contributed by atoms with E-state index in [-0.39, 0.29) is 0 Å². The highest BCUT2D eigenvalue weighted by Crippen LogP contribution is 2.47. The first-order chi connectivity index (χ1) is 17.7. The van der Waals surface area contributed by atoms with Crippen molar-refractivity contribution >= 4 is 29.6 Å². The van der Waals surface area contributed by atoms with Crippen LogP contribution < -0.4 is 29.3 Å². The van der Waals surface area contributed by atoms with Gasteiger partial charge in [-0.2, -0.15) is 0 Å². The topological polar surface area (TPSA) is 58.6 Å². The molecule has 0 spiro atoms. The molecule has 3 aliphatic rings. The molecule has 0 unspecified atom stereocenters. The van der Waals surface area contributed by atoms with Gasteiger partial charge in [0.1, 0.15) is 0 Å². The molecule has 198 valence electrons. The van der Waals surface area contributed by atoms with Crippen molar-refractivity contribution in [3.63, 3.8) is 0 Å². The van der Waals surface area contributed by atoms with E-state index in [1.54, 1.807) is 0 Å². The first-order valence-electron chi connectivity index (χ1n) is 13.0. The highest BCUT2D eigenvalue weighted by molar-refractivity contribution is 6.62. The Morgan fingerprint density at radius 3 is 1.34 bits per heavy atom. The lowest BCUT2D eigenvalue weighted by Gasteiger charge is -2.32. The molecule has 8 heteroatoms. The molecule has 0 aliphatic carbocycles. The van der Waals surface area contributed by atoms with E-state index in [4.69, 9.17) is 28.3 Å². The second kappa shape index (κ2) is 8.07. The van der Waals surface area contributed by atoms with Gasteiger partial charge in [-0.15, -0.1) is 0 Å². The van der Waals surface area contributed by atoms with Gasteiger partial charge in [0.25, 0.3) is 0 Å². The summed E-state index contributed by atoms with van der Waals surface area (Å²) in [6.07, 6.45) is 0. The van der Waals surface area contributed by atoms with Crippen LogP contribution in [-0.4, -0.2) is 29.9 Å². The third kappa shape index (κ3) is 4.26. The van der Waals surface area contributed by atoms with Gasteiger partial charge in [0.2, 0.25) is 11.6 Å². The monoisotopic (exact) mass is 515 g/mol. The van der Waals surface area contributed by atoms with Gasteiger partial charge in [0.15, 0.2) is 23.0 Å². The predicted molar refractivity (Wildman–Crippen MR) is 148 cm³/mol. The average molecular weight is 515 g/mol. The van der Waals surface area contributed by atoms with Crippen LogP contribution in [0.5, 0.6) is 23.0 Å². The largest absolute Gasteiger partial charge is 0.494 e. The van der Waals surface area contributed by atoms with Crippen LogP contribution in [0.25, 0.3) is 0 Å². The van der Waals surface area contributed by atoms with Crippen LogP contribution in [0.3, 0.4) is 0 Å². The molecule has 3 aromatic carbocycles. The lowest BCUT2D eigenvalue weighted by molar-refractivity contribution is -0.0437. The van der Waals surface area contributed by atoms with Crippen LogP contribution >= 0.6 is 0 Å². The summed E-state index contributed by atoms with van der Waals surface area (Å²) in [5.74, 6) is 1.44. The second-order valence-electron chi connectivity index (χ2n) is 12.0. The van der Waals surface area contributed by atoms with Gasteiger partial charge in [-0.25, -0.2) is 0 Å². The maximum atomic E-state index is 6.26. The fraction of sp³-hybridized carbons (Fsp3) is 0.400. The fourth-order valence-corrected chi connectivity index (χ4v) is 4.91. The molecule has 3 heterocycles. The molecule has 6 rings (SSSR count). The van der Waals surface area contributed by atoms with Crippen molar-refractivity contribution in [3.8, 4) is 23.0 Å². The van der Waals surface area contributed by atoms with Crippen molar-refractivity contribution in [1.29, 1.82) is 0 Å². The number of rotatable bonds is 4. The van der Waals surface area contributed by atoms with E-state index in [2.05, 4.69) is 56.9 Å². The molecule has 1 saturated heterocycles. The Bertz CT molecular complexity index is 1310. The van der Waals surface area contributed by atoms with Crippen LogP contribution in [0.4, 0.5) is 17.1 Å². The Balaban J connectivity index is 1.39. The van der Waals surface area contributed by atoms with Crippen LogP contribution in [-0.2, 0) is 9.31 Å². The highest BCUT2D eigenvalue weighted by Gasteiger charge is 2.51. The number of hydrogen-bond acceptors (Lipinski definition) is 7. The quantitative estimate of drug-likeness (QED) is 0.369. The minimum atomic E-state index is -0.708. The molecule has 0 atom stereocenters. The third-order valence-corrected chi connectivity index (χ3v) is 7.47. The van der Waals surface area contributed by atoms with E-state index in [1.807, 2.05) is 64.1 Å². The van der Waals surface area contributed by atoms with Gasteiger partial charge in [0.05, 0.1) is 22.6 Å². The molecule has 0 N–H and O–H groups in total. The maximum absolute atomic E-state index is 6.26. The zero-order valence-corrected chi connectivity index (χ0v) is 23.2. The van der Waals surface area contributed by atoms with Gasteiger partial charge >= 0.3 is 7.12 Å². The molecule has 3 aliphatic heterocycles. The average Bonchev–Trinajstić information content (AvgIpc) is 3.38.